The summed E-state index contributed by atoms with van der Waals surface area (Å²) in [5, 5.41) is 14.1. The number of anilines is 1. The van der Waals surface area contributed by atoms with Crippen molar-refractivity contribution in [3.63, 3.8) is 0 Å². The molecule has 2 amide bonds. The molecule has 3 aromatic heterocycles. The summed E-state index contributed by atoms with van der Waals surface area (Å²) >= 11 is 2.96. The molecule has 1 aliphatic rings. The average Bonchev–Trinajstić information content (AvgIpc) is 3.26. The molecule has 156 valence electrons. The van der Waals surface area contributed by atoms with Gasteiger partial charge in [-0.15, -0.1) is 22.7 Å². The molecule has 4 rings (SSSR count). The second kappa shape index (κ2) is 7.48. The van der Waals surface area contributed by atoms with Crippen LogP contribution < -0.4 is 5.32 Å². The number of pyridine rings is 1. The van der Waals surface area contributed by atoms with Gasteiger partial charge in [-0.2, -0.15) is 0 Å². The Morgan fingerprint density at radius 2 is 2.13 bits per heavy atom. The zero-order valence-electron chi connectivity index (χ0n) is 16.9. The van der Waals surface area contributed by atoms with Crippen LogP contribution in [0.2, 0.25) is 0 Å². The van der Waals surface area contributed by atoms with Crippen molar-refractivity contribution in [1.82, 2.24) is 14.9 Å². The number of aromatic nitrogens is 2. The molecule has 4 heterocycles. The Morgan fingerprint density at radius 3 is 2.77 bits per heavy atom. The third-order valence-electron chi connectivity index (χ3n) is 5.25. The van der Waals surface area contributed by atoms with Gasteiger partial charge < -0.3 is 15.3 Å². The number of thiazole rings is 1. The number of carboxylic acid groups (broad SMARTS) is 1. The minimum Gasteiger partial charge on any atom is -0.465 e. The van der Waals surface area contributed by atoms with Gasteiger partial charge in [0, 0.05) is 29.1 Å². The largest absolute Gasteiger partial charge is 0.465 e. The smallest absolute Gasteiger partial charge is 0.407 e. The van der Waals surface area contributed by atoms with Gasteiger partial charge in [0.05, 0.1) is 17.4 Å². The molecule has 0 saturated carbocycles. The number of hydrogen-bond donors (Lipinski definition) is 2. The summed E-state index contributed by atoms with van der Waals surface area (Å²) in [5.74, 6) is -0.344. The minimum absolute atomic E-state index is 0.0388. The van der Waals surface area contributed by atoms with Crippen molar-refractivity contribution in [3.05, 3.63) is 41.6 Å². The first-order valence-electron chi connectivity index (χ1n) is 9.46. The van der Waals surface area contributed by atoms with E-state index in [2.05, 4.69) is 37.7 Å². The molecule has 1 atom stereocenters. The van der Waals surface area contributed by atoms with Crippen LogP contribution in [-0.2, 0) is 11.3 Å². The normalized spacial score (nSPS) is 16.4. The van der Waals surface area contributed by atoms with Crippen LogP contribution in [0.3, 0.4) is 0 Å². The maximum atomic E-state index is 12.1. The van der Waals surface area contributed by atoms with E-state index in [4.69, 9.17) is 4.98 Å². The number of fused-ring (bicyclic) bond motifs is 2. The van der Waals surface area contributed by atoms with Gasteiger partial charge in [-0.1, -0.05) is 27.4 Å². The zero-order valence-corrected chi connectivity index (χ0v) is 18.6. The van der Waals surface area contributed by atoms with E-state index in [-0.39, 0.29) is 17.2 Å². The highest BCUT2D eigenvalue weighted by molar-refractivity contribution is 7.23. The lowest BCUT2D eigenvalue weighted by atomic mass is 9.73. The molecule has 1 aliphatic heterocycles. The Balaban J connectivity index is 1.96. The fourth-order valence-electron chi connectivity index (χ4n) is 3.73. The Kier molecular flexibility index (Phi) is 5.11. The van der Waals surface area contributed by atoms with Gasteiger partial charge in [-0.05, 0) is 23.1 Å². The van der Waals surface area contributed by atoms with Gasteiger partial charge in [-0.3, -0.25) is 9.78 Å². The summed E-state index contributed by atoms with van der Waals surface area (Å²) in [6.45, 7) is 10.6. The van der Waals surface area contributed by atoms with Crippen LogP contribution in [0.4, 0.5) is 9.80 Å². The van der Waals surface area contributed by atoms with E-state index in [1.165, 1.54) is 22.3 Å². The number of carbonyl (C=O) groups is 2. The summed E-state index contributed by atoms with van der Waals surface area (Å²) in [4.78, 5) is 35.2. The Bertz CT molecular complexity index is 1130. The van der Waals surface area contributed by atoms with Gasteiger partial charge in [0.2, 0.25) is 5.91 Å². The van der Waals surface area contributed by atoms with E-state index in [9.17, 15) is 14.7 Å². The third kappa shape index (κ3) is 3.59. The molecule has 0 bridgehead atoms. The molecular formula is C21H22N4O3S2. The maximum absolute atomic E-state index is 12.1. The van der Waals surface area contributed by atoms with Crippen molar-refractivity contribution >= 4 is 49.9 Å². The average molecular weight is 443 g/mol. The molecule has 0 aliphatic carbocycles. The zero-order chi connectivity index (χ0) is 21.6. The Hall–Kier alpha value is -2.78. The lowest BCUT2D eigenvalue weighted by Gasteiger charge is -2.39. The van der Waals surface area contributed by atoms with Crippen molar-refractivity contribution in [2.45, 2.75) is 33.2 Å². The summed E-state index contributed by atoms with van der Waals surface area (Å²) in [6, 6.07) is 1.92. The quantitative estimate of drug-likeness (QED) is 0.546. The fourth-order valence-corrected chi connectivity index (χ4v) is 6.07. The maximum Gasteiger partial charge on any atom is 0.407 e. The van der Waals surface area contributed by atoms with E-state index in [0.717, 1.165) is 31.2 Å². The van der Waals surface area contributed by atoms with E-state index < -0.39 is 6.09 Å². The standard InChI is InChI=1S/C21H22N4O3S2/c1-5-15(26)24-19-17(18-23-12-8-22-7-6-13(12)29-18)16-11(21(2,3)4)9-25(20(27)28)10-14(16)30-19/h5-8,11H,1,9-10H2,2-4H3,(H,24,26)(H,27,28). The van der Waals surface area contributed by atoms with Gasteiger partial charge in [0.25, 0.3) is 0 Å². The number of carbonyl (C=O) groups excluding carboxylic acids is 1. The van der Waals surface area contributed by atoms with Crippen LogP contribution in [-0.4, -0.2) is 38.5 Å². The first kappa shape index (κ1) is 20.5. The topological polar surface area (TPSA) is 95.4 Å². The first-order valence-corrected chi connectivity index (χ1v) is 11.1. The van der Waals surface area contributed by atoms with Crippen molar-refractivity contribution in [1.29, 1.82) is 0 Å². The molecule has 1 unspecified atom stereocenters. The van der Waals surface area contributed by atoms with Gasteiger partial charge in [0.15, 0.2) is 0 Å². The lowest BCUT2D eigenvalue weighted by molar-refractivity contribution is -0.111. The Morgan fingerprint density at radius 1 is 1.37 bits per heavy atom. The molecular weight excluding hydrogens is 420 g/mol. The molecule has 0 aromatic carbocycles. The number of nitrogens with zero attached hydrogens (tertiary/aromatic N) is 3. The number of thiophene rings is 1. The van der Waals surface area contributed by atoms with Crippen LogP contribution in [0.5, 0.6) is 0 Å². The van der Waals surface area contributed by atoms with Gasteiger partial charge in [0.1, 0.15) is 15.5 Å². The van der Waals surface area contributed by atoms with Crippen LogP contribution in [0.25, 0.3) is 20.8 Å². The van der Waals surface area contributed by atoms with Crippen LogP contribution in [0, 0.1) is 5.41 Å². The van der Waals surface area contributed by atoms with Crippen molar-refractivity contribution in [2.24, 2.45) is 5.41 Å². The third-order valence-corrected chi connectivity index (χ3v) is 7.41. The minimum atomic E-state index is -0.937. The molecule has 0 spiro atoms. The summed E-state index contributed by atoms with van der Waals surface area (Å²) in [5.41, 5.74) is 2.58. The second-order valence-corrected chi connectivity index (χ2v) is 10.4. The van der Waals surface area contributed by atoms with E-state index in [1.54, 1.807) is 23.7 Å². The SMILES string of the molecule is C=CC(=O)Nc1sc2c(c1-c1nc3cnccc3s1)C(C(C)(C)C)CN(C(=O)O)C2. The highest BCUT2D eigenvalue weighted by Crippen LogP contribution is 2.52. The van der Waals surface area contributed by atoms with Crippen LogP contribution in [0.1, 0.15) is 37.1 Å². The second-order valence-electron chi connectivity index (χ2n) is 8.28. The van der Waals surface area contributed by atoms with Gasteiger partial charge >= 0.3 is 6.09 Å². The van der Waals surface area contributed by atoms with E-state index >= 15 is 0 Å². The van der Waals surface area contributed by atoms with Crippen LogP contribution in [0.15, 0.2) is 31.1 Å². The van der Waals surface area contributed by atoms with E-state index in [1.807, 2.05) is 6.07 Å². The molecule has 9 heteroatoms. The highest BCUT2D eigenvalue weighted by atomic mass is 32.1. The number of amides is 2. The monoisotopic (exact) mass is 442 g/mol. The van der Waals surface area contributed by atoms with E-state index in [0.29, 0.717) is 18.1 Å². The summed E-state index contributed by atoms with van der Waals surface area (Å²) in [7, 11) is 0. The van der Waals surface area contributed by atoms with Crippen molar-refractivity contribution < 1.29 is 14.7 Å². The first-order chi connectivity index (χ1) is 14.2. The fraction of sp³-hybridized carbons (Fsp3) is 0.333. The molecule has 0 saturated heterocycles. The predicted molar refractivity (Wildman–Crippen MR) is 120 cm³/mol. The molecule has 3 aromatic rings. The molecule has 0 fully saturated rings. The van der Waals surface area contributed by atoms with Crippen molar-refractivity contribution in [3.8, 4) is 10.6 Å². The number of rotatable bonds is 3. The summed E-state index contributed by atoms with van der Waals surface area (Å²) < 4.78 is 1.01. The number of hydrogen-bond acceptors (Lipinski definition) is 6. The predicted octanol–water partition coefficient (Wildman–Crippen LogP) is 5.17. The lowest BCUT2D eigenvalue weighted by Crippen LogP contribution is -2.40. The molecule has 30 heavy (non-hydrogen) atoms. The summed E-state index contributed by atoms with van der Waals surface area (Å²) in [6.07, 6.45) is 3.75. The highest BCUT2D eigenvalue weighted by Gasteiger charge is 2.40. The molecule has 0 radical (unpaired) electrons. The molecule has 7 nitrogen and oxygen atoms in total. The van der Waals surface area contributed by atoms with Crippen LogP contribution >= 0.6 is 22.7 Å². The van der Waals surface area contributed by atoms with Gasteiger partial charge in [-0.25, -0.2) is 9.78 Å². The number of nitrogens with one attached hydrogen (secondary N) is 1. The molecule has 2 N–H and O–H groups in total. The Labute approximate surface area is 182 Å². The van der Waals surface area contributed by atoms with Crippen molar-refractivity contribution in [2.75, 3.05) is 11.9 Å².